The van der Waals surface area contributed by atoms with E-state index in [9.17, 15) is 14.9 Å². The van der Waals surface area contributed by atoms with Gasteiger partial charge in [-0.15, -0.1) is 0 Å². The number of aliphatic hydroxyl groups is 1. The van der Waals surface area contributed by atoms with E-state index in [4.69, 9.17) is 10.2 Å². The molecule has 7 heteroatoms. The monoisotopic (exact) mass is 296 g/mol. The molecule has 0 saturated carbocycles. The third-order valence-electron chi connectivity index (χ3n) is 3.23. The fraction of sp³-hybridized carbons (Fsp3) is 0.500. The minimum atomic E-state index is -1.15. The molecule has 0 fully saturated rings. The Bertz CT molecular complexity index is 537. The summed E-state index contributed by atoms with van der Waals surface area (Å²) in [5.74, 6) is -1.15. The minimum absolute atomic E-state index is 0.0280. The van der Waals surface area contributed by atoms with E-state index in [1.165, 1.54) is 18.2 Å². The minimum Gasteiger partial charge on any atom is -0.478 e. The Morgan fingerprint density at radius 3 is 2.48 bits per heavy atom. The summed E-state index contributed by atoms with van der Waals surface area (Å²) in [6, 6.07) is 3.38. The fourth-order valence-electron chi connectivity index (χ4n) is 1.98. The number of aliphatic hydroxyl groups excluding tert-OH is 1. The van der Waals surface area contributed by atoms with Crippen LogP contribution < -0.4 is 5.32 Å². The van der Waals surface area contributed by atoms with E-state index in [-0.39, 0.29) is 35.0 Å². The summed E-state index contributed by atoms with van der Waals surface area (Å²) in [7, 11) is 0. The van der Waals surface area contributed by atoms with Gasteiger partial charge >= 0.3 is 5.97 Å². The van der Waals surface area contributed by atoms with Crippen molar-refractivity contribution in [1.29, 1.82) is 0 Å². The van der Waals surface area contributed by atoms with Gasteiger partial charge in [-0.25, -0.2) is 4.79 Å². The van der Waals surface area contributed by atoms with Crippen molar-refractivity contribution in [1.82, 2.24) is 0 Å². The normalized spacial score (nSPS) is 12.8. The van der Waals surface area contributed by atoms with Gasteiger partial charge in [-0.2, -0.15) is 0 Å². The molecule has 116 valence electrons. The number of aromatic carboxylic acids is 1. The summed E-state index contributed by atoms with van der Waals surface area (Å²) in [5, 5.41) is 32.2. The standard InChI is InChI=1S/C14H20N2O5/c1-14(2,3)12(6-7-17)15-10-8-9(13(18)19)4-5-11(10)16(20)21/h4-5,8,12,15,17H,6-7H2,1-3H3,(H,18,19). The Morgan fingerprint density at radius 2 is 2.05 bits per heavy atom. The number of nitrogens with one attached hydrogen (secondary N) is 1. The highest BCUT2D eigenvalue weighted by Crippen LogP contribution is 2.31. The summed E-state index contributed by atoms with van der Waals surface area (Å²) in [6.45, 7) is 5.75. The van der Waals surface area contributed by atoms with Crippen LogP contribution in [0, 0.1) is 15.5 Å². The van der Waals surface area contributed by atoms with Crippen molar-refractivity contribution in [2.45, 2.75) is 33.2 Å². The number of carboxylic acids is 1. The smallest absolute Gasteiger partial charge is 0.335 e. The Labute approximate surface area is 122 Å². The number of hydrogen-bond acceptors (Lipinski definition) is 5. The molecular weight excluding hydrogens is 276 g/mol. The van der Waals surface area contributed by atoms with Crippen molar-refractivity contribution in [3.05, 3.63) is 33.9 Å². The van der Waals surface area contributed by atoms with Gasteiger partial charge in [-0.3, -0.25) is 10.1 Å². The quantitative estimate of drug-likeness (QED) is 0.549. The van der Waals surface area contributed by atoms with Gasteiger partial charge in [0.2, 0.25) is 0 Å². The van der Waals surface area contributed by atoms with Crippen molar-refractivity contribution in [2.75, 3.05) is 11.9 Å². The van der Waals surface area contributed by atoms with Gasteiger partial charge in [0.15, 0.2) is 0 Å². The largest absolute Gasteiger partial charge is 0.478 e. The second-order valence-corrected chi connectivity index (χ2v) is 5.87. The maximum atomic E-state index is 11.1. The number of hydrogen-bond donors (Lipinski definition) is 3. The molecule has 0 radical (unpaired) electrons. The van der Waals surface area contributed by atoms with Crippen LogP contribution in [0.25, 0.3) is 0 Å². The van der Waals surface area contributed by atoms with Crippen molar-refractivity contribution in [3.8, 4) is 0 Å². The topological polar surface area (TPSA) is 113 Å². The van der Waals surface area contributed by atoms with Gasteiger partial charge in [-0.05, 0) is 24.0 Å². The van der Waals surface area contributed by atoms with Gasteiger partial charge in [0, 0.05) is 18.7 Å². The number of nitrogens with zero attached hydrogens (tertiary/aromatic N) is 1. The summed E-state index contributed by atoms with van der Waals surface area (Å²) in [5.41, 5.74) is -0.323. The summed E-state index contributed by atoms with van der Waals surface area (Å²) in [6.07, 6.45) is 0.401. The molecule has 7 nitrogen and oxygen atoms in total. The first-order chi connectivity index (χ1) is 9.66. The predicted molar refractivity (Wildman–Crippen MR) is 78.6 cm³/mol. The van der Waals surface area contributed by atoms with Crippen LogP contribution >= 0.6 is 0 Å². The van der Waals surface area contributed by atoms with E-state index in [2.05, 4.69) is 5.32 Å². The van der Waals surface area contributed by atoms with E-state index in [1.54, 1.807) is 0 Å². The first-order valence-corrected chi connectivity index (χ1v) is 6.56. The van der Waals surface area contributed by atoms with Crippen LogP contribution in [-0.4, -0.2) is 33.8 Å². The summed E-state index contributed by atoms with van der Waals surface area (Å²) in [4.78, 5) is 21.5. The molecule has 0 amide bonds. The Kier molecular flexibility index (Phi) is 5.26. The van der Waals surface area contributed by atoms with Crippen LogP contribution in [0.4, 0.5) is 11.4 Å². The highest BCUT2D eigenvalue weighted by atomic mass is 16.6. The molecule has 3 N–H and O–H groups in total. The van der Waals surface area contributed by atoms with Crippen molar-refractivity contribution in [2.24, 2.45) is 5.41 Å². The average molecular weight is 296 g/mol. The lowest BCUT2D eigenvalue weighted by Crippen LogP contribution is -2.35. The van der Waals surface area contributed by atoms with Crippen LogP contribution in [0.15, 0.2) is 18.2 Å². The maximum absolute atomic E-state index is 11.1. The lowest BCUT2D eigenvalue weighted by atomic mass is 9.84. The lowest BCUT2D eigenvalue weighted by Gasteiger charge is -2.31. The predicted octanol–water partition coefficient (Wildman–Crippen LogP) is 2.50. The van der Waals surface area contributed by atoms with E-state index in [1.807, 2.05) is 20.8 Å². The third kappa shape index (κ3) is 4.42. The van der Waals surface area contributed by atoms with Crippen molar-refractivity contribution < 1.29 is 19.9 Å². The summed E-state index contributed by atoms with van der Waals surface area (Å²) < 4.78 is 0. The Balaban J connectivity index is 3.21. The molecule has 0 spiro atoms. The second kappa shape index (κ2) is 6.53. The molecule has 1 aromatic rings. The number of anilines is 1. The molecular formula is C14H20N2O5. The number of nitro benzene ring substituents is 1. The SMILES string of the molecule is CC(C)(C)C(CCO)Nc1cc(C(=O)O)ccc1[N+](=O)[O-]. The zero-order valence-electron chi connectivity index (χ0n) is 12.3. The van der Waals surface area contributed by atoms with Crippen LogP contribution in [-0.2, 0) is 0 Å². The number of benzene rings is 1. The number of carboxylic acid groups (broad SMARTS) is 1. The third-order valence-corrected chi connectivity index (χ3v) is 3.23. The molecule has 0 aliphatic heterocycles. The van der Waals surface area contributed by atoms with Crippen molar-refractivity contribution in [3.63, 3.8) is 0 Å². The van der Waals surface area contributed by atoms with E-state index < -0.39 is 10.9 Å². The molecule has 0 bridgehead atoms. The van der Waals surface area contributed by atoms with Gasteiger partial charge in [0.1, 0.15) is 5.69 Å². The highest BCUT2D eigenvalue weighted by molar-refractivity contribution is 5.90. The lowest BCUT2D eigenvalue weighted by molar-refractivity contribution is -0.384. The molecule has 21 heavy (non-hydrogen) atoms. The van der Waals surface area contributed by atoms with Gasteiger partial charge in [0.05, 0.1) is 10.5 Å². The zero-order chi connectivity index (χ0) is 16.2. The van der Waals surface area contributed by atoms with Gasteiger partial charge in [0.25, 0.3) is 5.69 Å². The molecule has 1 aromatic carbocycles. The van der Waals surface area contributed by atoms with E-state index in [0.29, 0.717) is 6.42 Å². The Hall–Kier alpha value is -2.15. The van der Waals surface area contributed by atoms with Crippen molar-refractivity contribution >= 4 is 17.3 Å². The molecule has 1 atom stereocenters. The number of nitro groups is 1. The van der Waals surface area contributed by atoms with Crippen LogP contribution in [0.1, 0.15) is 37.6 Å². The van der Waals surface area contributed by atoms with Crippen LogP contribution in [0.5, 0.6) is 0 Å². The maximum Gasteiger partial charge on any atom is 0.335 e. The van der Waals surface area contributed by atoms with E-state index in [0.717, 1.165) is 0 Å². The molecule has 1 rings (SSSR count). The van der Waals surface area contributed by atoms with Crippen LogP contribution in [0.3, 0.4) is 0 Å². The summed E-state index contributed by atoms with van der Waals surface area (Å²) >= 11 is 0. The molecule has 0 heterocycles. The molecule has 0 aromatic heterocycles. The Morgan fingerprint density at radius 1 is 1.43 bits per heavy atom. The molecule has 0 aliphatic carbocycles. The number of rotatable bonds is 6. The van der Waals surface area contributed by atoms with Gasteiger partial charge in [-0.1, -0.05) is 20.8 Å². The van der Waals surface area contributed by atoms with Crippen LogP contribution in [0.2, 0.25) is 0 Å². The average Bonchev–Trinajstić information content (AvgIpc) is 2.36. The van der Waals surface area contributed by atoms with Gasteiger partial charge < -0.3 is 15.5 Å². The first kappa shape index (κ1) is 16.9. The second-order valence-electron chi connectivity index (χ2n) is 5.87. The molecule has 0 aliphatic rings. The zero-order valence-corrected chi connectivity index (χ0v) is 12.3. The molecule has 0 saturated heterocycles. The molecule has 1 unspecified atom stereocenters. The fourth-order valence-corrected chi connectivity index (χ4v) is 1.98. The highest BCUT2D eigenvalue weighted by Gasteiger charge is 2.27. The first-order valence-electron chi connectivity index (χ1n) is 6.56. The van der Waals surface area contributed by atoms with E-state index >= 15 is 0 Å². The number of carbonyl (C=O) groups is 1.